The first-order chi connectivity index (χ1) is 12.2. The van der Waals surface area contributed by atoms with Crippen LogP contribution in [0, 0.1) is 0 Å². The number of anilines is 1. The highest BCUT2D eigenvalue weighted by Crippen LogP contribution is 2.13. The molecule has 2 aromatic rings. The average Bonchev–Trinajstić information content (AvgIpc) is 3.14. The SMILES string of the molecule is O=C(Cc1ccccc1)Nc1ccc(C(=O)NCC2CCCO2)cc1. The van der Waals surface area contributed by atoms with Gasteiger partial charge in [0.2, 0.25) is 5.91 Å². The zero-order valence-corrected chi connectivity index (χ0v) is 14.0. The van der Waals surface area contributed by atoms with Crippen molar-refractivity contribution in [2.24, 2.45) is 0 Å². The van der Waals surface area contributed by atoms with Crippen LogP contribution in [0.1, 0.15) is 28.8 Å². The predicted molar refractivity (Wildman–Crippen MR) is 96.5 cm³/mol. The molecule has 1 saturated heterocycles. The highest BCUT2D eigenvalue weighted by molar-refractivity contribution is 5.96. The third-order valence-corrected chi connectivity index (χ3v) is 4.15. The molecule has 2 amide bonds. The van der Waals surface area contributed by atoms with E-state index >= 15 is 0 Å². The fourth-order valence-corrected chi connectivity index (χ4v) is 2.81. The minimum atomic E-state index is -0.127. The number of amides is 2. The van der Waals surface area contributed by atoms with E-state index in [1.54, 1.807) is 24.3 Å². The molecule has 1 unspecified atom stereocenters. The Bertz CT molecular complexity index is 707. The van der Waals surface area contributed by atoms with Gasteiger partial charge in [0.05, 0.1) is 12.5 Å². The van der Waals surface area contributed by atoms with Gasteiger partial charge in [0.15, 0.2) is 0 Å². The highest BCUT2D eigenvalue weighted by atomic mass is 16.5. The molecule has 3 rings (SSSR count). The van der Waals surface area contributed by atoms with E-state index in [1.165, 1.54) is 0 Å². The van der Waals surface area contributed by atoms with Crippen LogP contribution >= 0.6 is 0 Å². The topological polar surface area (TPSA) is 67.4 Å². The highest BCUT2D eigenvalue weighted by Gasteiger charge is 2.16. The van der Waals surface area contributed by atoms with Crippen molar-refractivity contribution >= 4 is 17.5 Å². The van der Waals surface area contributed by atoms with Gasteiger partial charge < -0.3 is 15.4 Å². The van der Waals surface area contributed by atoms with E-state index < -0.39 is 0 Å². The second-order valence-corrected chi connectivity index (χ2v) is 6.13. The van der Waals surface area contributed by atoms with Gasteiger partial charge in [-0.25, -0.2) is 0 Å². The van der Waals surface area contributed by atoms with Crippen LogP contribution in [-0.2, 0) is 16.0 Å². The molecule has 0 spiro atoms. The molecule has 130 valence electrons. The monoisotopic (exact) mass is 338 g/mol. The van der Waals surface area contributed by atoms with E-state index in [-0.39, 0.29) is 17.9 Å². The molecule has 1 heterocycles. The molecule has 0 aromatic heterocycles. The van der Waals surface area contributed by atoms with Gasteiger partial charge in [-0.15, -0.1) is 0 Å². The first-order valence-corrected chi connectivity index (χ1v) is 8.54. The summed E-state index contributed by atoms with van der Waals surface area (Å²) in [6.07, 6.45) is 2.50. The largest absolute Gasteiger partial charge is 0.376 e. The van der Waals surface area contributed by atoms with Crippen molar-refractivity contribution in [3.63, 3.8) is 0 Å². The van der Waals surface area contributed by atoms with Crippen LogP contribution in [0.25, 0.3) is 0 Å². The Morgan fingerprint density at radius 1 is 1.04 bits per heavy atom. The minimum absolute atomic E-state index is 0.0817. The van der Waals surface area contributed by atoms with Gasteiger partial charge in [-0.05, 0) is 42.7 Å². The number of carbonyl (C=O) groups is 2. The van der Waals surface area contributed by atoms with Crippen LogP contribution in [0.15, 0.2) is 54.6 Å². The third-order valence-electron chi connectivity index (χ3n) is 4.15. The van der Waals surface area contributed by atoms with Crippen molar-refractivity contribution in [2.45, 2.75) is 25.4 Å². The van der Waals surface area contributed by atoms with E-state index in [0.29, 0.717) is 24.2 Å². The second-order valence-electron chi connectivity index (χ2n) is 6.13. The third kappa shape index (κ3) is 5.16. The van der Waals surface area contributed by atoms with E-state index in [4.69, 9.17) is 4.74 Å². The van der Waals surface area contributed by atoms with Gasteiger partial charge in [0.25, 0.3) is 5.91 Å². The summed E-state index contributed by atoms with van der Waals surface area (Å²) in [6, 6.07) is 16.5. The normalized spacial score (nSPS) is 16.4. The smallest absolute Gasteiger partial charge is 0.251 e. The Kier molecular flexibility index (Phi) is 5.80. The van der Waals surface area contributed by atoms with Crippen molar-refractivity contribution in [2.75, 3.05) is 18.5 Å². The predicted octanol–water partition coefficient (Wildman–Crippen LogP) is 2.78. The number of ether oxygens (including phenoxy) is 1. The van der Waals surface area contributed by atoms with E-state index in [9.17, 15) is 9.59 Å². The first-order valence-electron chi connectivity index (χ1n) is 8.54. The van der Waals surface area contributed by atoms with Crippen molar-refractivity contribution in [3.8, 4) is 0 Å². The maximum absolute atomic E-state index is 12.1. The molecule has 0 saturated carbocycles. The second kappa shape index (κ2) is 8.44. The number of benzene rings is 2. The molecule has 0 radical (unpaired) electrons. The maximum Gasteiger partial charge on any atom is 0.251 e. The van der Waals surface area contributed by atoms with Crippen LogP contribution in [0.4, 0.5) is 5.69 Å². The number of nitrogens with one attached hydrogen (secondary N) is 2. The Morgan fingerprint density at radius 3 is 2.48 bits per heavy atom. The molecule has 25 heavy (non-hydrogen) atoms. The molecular weight excluding hydrogens is 316 g/mol. The van der Waals surface area contributed by atoms with Crippen molar-refractivity contribution < 1.29 is 14.3 Å². The lowest BCUT2D eigenvalue weighted by Gasteiger charge is -2.11. The summed E-state index contributed by atoms with van der Waals surface area (Å²) in [5.41, 5.74) is 2.21. The van der Waals surface area contributed by atoms with Crippen LogP contribution in [0.5, 0.6) is 0 Å². The Morgan fingerprint density at radius 2 is 1.80 bits per heavy atom. The first kappa shape index (κ1) is 17.2. The van der Waals surface area contributed by atoms with E-state index in [2.05, 4.69) is 10.6 Å². The van der Waals surface area contributed by atoms with Crippen molar-refractivity contribution in [1.82, 2.24) is 5.32 Å². The Balaban J connectivity index is 1.49. The Hall–Kier alpha value is -2.66. The summed E-state index contributed by atoms with van der Waals surface area (Å²) in [5.74, 6) is -0.209. The fourth-order valence-electron chi connectivity index (χ4n) is 2.81. The summed E-state index contributed by atoms with van der Waals surface area (Å²) in [5, 5.41) is 5.73. The van der Waals surface area contributed by atoms with Gasteiger partial charge in [0, 0.05) is 24.4 Å². The number of hydrogen-bond donors (Lipinski definition) is 2. The van der Waals surface area contributed by atoms with E-state index in [0.717, 1.165) is 25.0 Å². The molecule has 1 fully saturated rings. The van der Waals surface area contributed by atoms with Crippen LogP contribution in [0.2, 0.25) is 0 Å². The lowest BCUT2D eigenvalue weighted by Crippen LogP contribution is -2.31. The summed E-state index contributed by atoms with van der Waals surface area (Å²) < 4.78 is 5.49. The molecule has 2 N–H and O–H groups in total. The molecular formula is C20H22N2O3. The van der Waals surface area contributed by atoms with Crippen LogP contribution in [0.3, 0.4) is 0 Å². The van der Waals surface area contributed by atoms with Crippen molar-refractivity contribution in [1.29, 1.82) is 0 Å². The molecule has 1 aliphatic heterocycles. The standard InChI is InChI=1S/C20H22N2O3/c23-19(13-15-5-2-1-3-6-15)22-17-10-8-16(9-11-17)20(24)21-14-18-7-4-12-25-18/h1-3,5-6,8-11,18H,4,7,12-14H2,(H,21,24)(H,22,23). The average molecular weight is 338 g/mol. The zero-order chi connectivity index (χ0) is 17.5. The minimum Gasteiger partial charge on any atom is -0.376 e. The number of hydrogen-bond acceptors (Lipinski definition) is 3. The van der Waals surface area contributed by atoms with Gasteiger partial charge in [-0.3, -0.25) is 9.59 Å². The molecule has 5 nitrogen and oxygen atoms in total. The van der Waals surface area contributed by atoms with Gasteiger partial charge >= 0.3 is 0 Å². The lowest BCUT2D eigenvalue weighted by molar-refractivity contribution is -0.115. The quantitative estimate of drug-likeness (QED) is 0.851. The summed E-state index contributed by atoms with van der Waals surface area (Å²) in [4.78, 5) is 24.2. The van der Waals surface area contributed by atoms with Crippen molar-refractivity contribution in [3.05, 3.63) is 65.7 Å². The van der Waals surface area contributed by atoms with Gasteiger partial charge in [-0.2, -0.15) is 0 Å². The molecule has 1 atom stereocenters. The maximum atomic E-state index is 12.1. The zero-order valence-electron chi connectivity index (χ0n) is 14.0. The Labute approximate surface area is 147 Å². The molecule has 5 heteroatoms. The van der Waals surface area contributed by atoms with Crippen LogP contribution in [-0.4, -0.2) is 31.1 Å². The summed E-state index contributed by atoms with van der Waals surface area (Å²) >= 11 is 0. The van der Waals surface area contributed by atoms with E-state index in [1.807, 2.05) is 30.3 Å². The van der Waals surface area contributed by atoms with Gasteiger partial charge in [-0.1, -0.05) is 30.3 Å². The molecule has 2 aromatic carbocycles. The number of carbonyl (C=O) groups excluding carboxylic acids is 2. The fraction of sp³-hybridized carbons (Fsp3) is 0.300. The molecule has 0 aliphatic carbocycles. The summed E-state index contributed by atoms with van der Waals surface area (Å²) in [7, 11) is 0. The lowest BCUT2D eigenvalue weighted by atomic mass is 10.1. The molecule has 0 bridgehead atoms. The number of rotatable bonds is 6. The van der Waals surface area contributed by atoms with Crippen LogP contribution < -0.4 is 10.6 Å². The van der Waals surface area contributed by atoms with Gasteiger partial charge in [0.1, 0.15) is 0 Å². The molecule has 1 aliphatic rings. The summed E-state index contributed by atoms with van der Waals surface area (Å²) in [6.45, 7) is 1.31.